The fourth-order valence-electron chi connectivity index (χ4n) is 4.85. The quantitative estimate of drug-likeness (QED) is 0.0535. The second-order valence-corrected chi connectivity index (χ2v) is 18.0. The number of nitrogens with two attached hydrogens (primary N) is 1. The van der Waals surface area contributed by atoms with Crippen molar-refractivity contribution in [1.82, 2.24) is 5.32 Å². The van der Waals surface area contributed by atoms with Gasteiger partial charge in [-0.25, -0.2) is 0 Å². The standard InChI is InChI=1S/C38H50N4O3Si/c1-38(2,3)46(4,5)45-37(32-18-21-36(35(24-32)42-28-43)44-27-30-12-8-6-9-13-30)26-40-23-22-29-16-19-33(20-17-29)41-25-34(39)31-14-10-7-11-15-31/h6-21,24,28,34,37,40-41H,22-23,25-27,39H2,1-5H3,(H,42,43)/t34?,37-/m0/s1. The van der Waals surface area contributed by atoms with Crippen molar-refractivity contribution in [2.24, 2.45) is 5.73 Å². The minimum Gasteiger partial charge on any atom is -0.487 e. The Labute approximate surface area is 276 Å². The summed E-state index contributed by atoms with van der Waals surface area (Å²) in [5.41, 5.74) is 12.5. The molecular formula is C38H50N4O3Si. The van der Waals surface area contributed by atoms with Gasteiger partial charge in [0.15, 0.2) is 8.32 Å². The smallest absolute Gasteiger partial charge is 0.211 e. The van der Waals surface area contributed by atoms with Crippen LogP contribution < -0.4 is 26.4 Å². The van der Waals surface area contributed by atoms with E-state index in [1.54, 1.807) is 0 Å². The van der Waals surface area contributed by atoms with Crippen molar-refractivity contribution < 1.29 is 14.0 Å². The Balaban J connectivity index is 1.37. The average Bonchev–Trinajstić information content (AvgIpc) is 3.05. The van der Waals surface area contributed by atoms with Crippen LogP contribution in [0.1, 0.15) is 55.2 Å². The van der Waals surface area contributed by atoms with Crippen molar-refractivity contribution in [1.29, 1.82) is 0 Å². The highest BCUT2D eigenvalue weighted by atomic mass is 28.4. The van der Waals surface area contributed by atoms with Crippen LogP contribution in [0.5, 0.6) is 5.75 Å². The summed E-state index contributed by atoms with van der Waals surface area (Å²) in [6.07, 6.45) is 1.40. The zero-order valence-corrected chi connectivity index (χ0v) is 28.9. The van der Waals surface area contributed by atoms with E-state index in [1.165, 1.54) is 5.56 Å². The van der Waals surface area contributed by atoms with Gasteiger partial charge >= 0.3 is 0 Å². The summed E-state index contributed by atoms with van der Waals surface area (Å²) in [5, 5.41) is 9.97. The summed E-state index contributed by atoms with van der Waals surface area (Å²) in [4.78, 5) is 11.5. The van der Waals surface area contributed by atoms with E-state index in [0.29, 0.717) is 37.5 Å². The zero-order valence-electron chi connectivity index (χ0n) is 27.9. The lowest BCUT2D eigenvalue weighted by Gasteiger charge is -2.39. The Kier molecular flexibility index (Phi) is 12.6. The number of carbonyl (C=O) groups is 1. The van der Waals surface area contributed by atoms with Gasteiger partial charge in [0.25, 0.3) is 0 Å². The molecule has 0 aliphatic rings. The molecule has 0 fully saturated rings. The van der Waals surface area contributed by atoms with E-state index < -0.39 is 8.32 Å². The Morgan fingerprint density at radius 1 is 0.826 bits per heavy atom. The van der Waals surface area contributed by atoms with Gasteiger partial charge in [0.2, 0.25) is 6.41 Å². The van der Waals surface area contributed by atoms with E-state index in [2.05, 4.69) is 86.2 Å². The van der Waals surface area contributed by atoms with Gasteiger partial charge in [-0.15, -0.1) is 0 Å². The molecule has 0 aliphatic carbocycles. The number of carbonyl (C=O) groups excluding carboxylic acids is 1. The lowest BCUT2D eigenvalue weighted by atomic mass is 10.1. The molecular weight excluding hydrogens is 589 g/mol. The molecule has 4 aromatic rings. The van der Waals surface area contributed by atoms with Gasteiger partial charge in [-0.2, -0.15) is 0 Å². The molecule has 0 saturated heterocycles. The van der Waals surface area contributed by atoms with Crippen LogP contribution in [0.25, 0.3) is 0 Å². The third kappa shape index (κ3) is 10.3. The fourth-order valence-corrected chi connectivity index (χ4v) is 6.13. The third-order valence-electron chi connectivity index (χ3n) is 8.70. The summed E-state index contributed by atoms with van der Waals surface area (Å²) in [5.74, 6) is 0.624. The van der Waals surface area contributed by atoms with E-state index >= 15 is 0 Å². The molecule has 1 unspecified atom stereocenters. The third-order valence-corrected chi connectivity index (χ3v) is 13.2. The number of amides is 1. The average molecular weight is 639 g/mol. The molecule has 0 saturated carbocycles. The topological polar surface area (TPSA) is 97.6 Å². The van der Waals surface area contributed by atoms with Gasteiger partial charge < -0.3 is 30.8 Å². The number of rotatable bonds is 17. The van der Waals surface area contributed by atoms with Crippen LogP contribution in [-0.2, 0) is 22.2 Å². The number of hydrogen-bond donors (Lipinski definition) is 4. The highest BCUT2D eigenvalue weighted by Gasteiger charge is 2.39. The molecule has 4 rings (SSSR count). The van der Waals surface area contributed by atoms with Gasteiger partial charge in [0, 0.05) is 24.8 Å². The molecule has 0 radical (unpaired) electrons. The molecule has 2 atom stereocenters. The van der Waals surface area contributed by atoms with E-state index in [4.69, 9.17) is 14.9 Å². The summed E-state index contributed by atoms with van der Waals surface area (Å²) in [7, 11) is -2.10. The van der Waals surface area contributed by atoms with Crippen molar-refractivity contribution in [2.75, 3.05) is 30.3 Å². The highest BCUT2D eigenvalue weighted by Crippen LogP contribution is 2.40. The number of hydrogen-bond acceptors (Lipinski definition) is 6. The van der Waals surface area contributed by atoms with Crippen molar-refractivity contribution in [3.05, 3.63) is 125 Å². The molecule has 0 aliphatic heterocycles. The number of ether oxygens (including phenoxy) is 1. The lowest BCUT2D eigenvalue weighted by molar-refractivity contribution is -0.105. The molecule has 0 heterocycles. The van der Waals surface area contributed by atoms with Crippen LogP contribution in [0.3, 0.4) is 0 Å². The van der Waals surface area contributed by atoms with Crippen molar-refractivity contribution in [3.8, 4) is 5.75 Å². The molecule has 8 heteroatoms. The Morgan fingerprint density at radius 3 is 2.15 bits per heavy atom. The highest BCUT2D eigenvalue weighted by molar-refractivity contribution is 6.74. The maximum absolute atomic E-state index is 11.5. The van der Waals surface area contributed by atoms with Crippen LogP contribution in [-0.4, -0.2) is 34.4 Å². The minimum absolute atomic E-state index is 0.0503. The summed E-state index contributed by atoms with van der Waals surface area (Å²) in [6, 6.07) is 34.6. The Hall–Kier alpha value is -3.95. The molecule has 244 valence electrons. The van der Waals surface area contributed by atoms with Crippen LogP contribution in [0.2, 0.25) is 18.1 Å². The molecule has 46 heavy (non-hydrogen) atoms. The monoisotopic (exact) mass is 638 g/mol. The second kappa shape index (κ2) is 16.6. The molecule has 7 nitrogen and oxygen atoms in total. The van der Waals surface area contributed by atoms with Crippen molar-refractivity contribution in [2.45, 2.75) is 64.1 Å². The van der Waals surface area contributed by atoms with Gasteiger partial charge in [-0.05, 0) is 77.6 Å². The maximum atomic E-state index is 11.5. The second-order valence-electron chi connectivity index (χ2n) is 13.2. The number of benzene rings is 4. The largest absolute Gasteiger partial charge is 0.487 e. The first-order valence-corrected chi connectivity index (χ1v) is 19.0. The Bertz CT molecular complexity index is 1490. The van der Waals surface area contributed by atoms with Gasteiger partial charge in [0.1, 0.15) is 12.4 Å². The molecule has 5 N–H and O–H groups in total. The van der Waals surface area contributed by atoms with Crippen LogP contribution in [0.15, 0.2) is 103 Å². The zero-order chi connectivity index (χ0) is 33.0. The molecule has 0 bridgehead atoms. The molecule has 0 spiro atoms. The van der Waals surface area contributed by atoms with Crippen LogP contribution >= 0.6 is 0 Å². The predicted molar refractivity (Wildman–Crippen MR) is 193 cm³/mol. The van der Waals surface area contributed by atoms with E-state index in [0.717, 1.165) is 35.3 Å². The van der Waals surface area contributed by atoms with E-state index in [1.807, 2.05) is 66.7 Å². The minimum atomic E-state index is -2.10. The van der Waals surface area contributed by atoms with E-state index in [9.17, 15) is 4.79 Å². The number of anilines is 2. The normalized spacial score (nSPS) is 13.1. The summed E-state index contributed by atoms with van der Waals surface area (Å²) < 4.78 is 13.0. The molecule has 0 aromatic heterocycles. The molecule has 4 aromatic carbocycles. The Morgan fingerprint density at radius 2 is 1.50 bits per heavy atom. The van der Waals surface area contributed by atoms with Crippen LogP contribution in [0, 0.1) is 0 Å². The SMILES string of the molecule is CC(C)(C)[Si](C)(C)O[C@@H](CNCCc1ccc(NCC(N)c2ccccc2)cc1)c1ccc(OCc2ccccc2)c(NC=O)c1. The first kappa shape index (κ1) is 34.9. The van der Waals surface area contributed by atoms with Gasteiger partial charge in [-0.3, -0.25) is 4.79 Å². The maximum Gasteiger partial charge on any atom is 0.211 e. The first-order chi connectivity index (χ1) is 22.1. The fraction of sp³-hybridized carbons (Fsp3) is 0.342. The van der Waals surface area contributed by atoms with Gasteiger partial charge in [-0.1, -0.05) is 99.6 Å². The number of nitrogens with one attached hydrogen (secondary N) is 3. The van der Waals surface area contributed by atoms with Crippen LogP contribution in [0.4, 0.5) is 11.4 Å². The summed E-state index contributed by atoms with van der Waals surface area (Å²) in [6.45, 7) is 13.8. The lowest BCUT2D eigenvalue weighted by Crippen LogP contribution is -2.43. The first-order valence-electron chi connectivity index (χ1n) is 16.1. The predicted octanol–water partition coefficient (Wildman–Crippen LogP) is 7.84. The van der Waals surface area contributed by atoms with Crippen molar-refractivity contribution in [3.63, 3.8) is 0 Å². The van der Waals surface area contributed by atoms with E-state index in [-0.39, 0.29) is 17.2 Å². The summed E-state index contributed by atoms with van der Waals surface area (Å²) >= 11 is 0. The van der Waals surface area contributed by atoms with Crippen molar-refractivity contribution >= 4 is 26.1 Å². The van der Waals surface area contributed by atoms with Gasteiger partial charge in [0.05, 0.1) is 11.8 Å². The molecule has 1 amide bonds.